The molecule has 1 heterocycles. The number of carboxylic acid groups (broad SMARTS) is 1. The first-order valence-corrected chi connectivity index (χ1v) is 5.60. The summed E-state index contributed by atoms with van der Waals surface area (Å²) >= 11 is 0. The van der Waals surface area contributed by atoms with Gasteiger partial charge in [-0.05, 0) is 12.1 Å². The Hall–Kier alpha value is -2.63. The maximum Gasteiger partial charge on any atom is 0.339 e. The summed E-state index contributed by atoms with van der Waals surface area (Å²) in [5.41, 5.74) is 0.638. The fourth-order valence-corrected chi connectivity index (χ4v) is 1.78. The fraction of sp³-hybridized carbons (Fsp3) is 0.154. The first-order valence-electron chi connectivity index (χ1n) is 5.60. The zero-order valence-corrected chi connectivity index (χ0v) is 10.6. The maximum atomic E-state index is 12.4. The quantitative estimate of drug-likeness (QED) is 0.903. The molecule has 98 valence electrons. The van der Waals surface area contributed by atoms with Gasteiger partial charge in [0.15, 0.2) is 0 Å². The van der Waals surface area contributed by atoms with Gasteiger partial charge >= 0.3 is 5.97 Å². The monoisotopic (exact) mass is 259 g/mol. The number of carbonyl (C=O) groups is 2. The van der Waals surface area contributed by atoms with E-state index in [1.807, 2.05) is 6.07 Å². The van der Waals surface area contributed by atoms with Crippen molar-refractivity contribution in [3.63, 3.8) is 0 Å². The van der Waals surface area contributed by atoms with Gasteiger partial charge in [0.25, 0.3) is 5.91 Å². The maximum absolute atomic E-state index is 12.4. The van der Waals surface area contributed by atoms with Crippen LogP contribution < -0.4 is 4.90 Å². The predicted octanol–water partition coefficient (Wildman–Crippen LogP) is 1.39. The molecule has 2 rings (SSSR count). The highest BCUT2D eigenvalue weighted by atomic mass is 16.4. The topological polar surface area (TPSA) is 75.4 Å². The second kappa shape index (κ2) is 4.93. The summed E-state index contributed by atoms with van der Waals surface area (Å²) in [6.45, 7) is 0. The molecule has 0 radical (unpaired) electrons. The van der Waals surface area contributed by atoms with Crippen LogP contribution in [-0.2, 0) is 7.05 Å². The normalized spacial score (nSPS) is 10.2. The molecule has 0 saturated carbocycles. The van der Waals surface area contributed by atoms with Crippen molar-refractivity contribution in [2.24, 2.45) is 7.05 Å². The van der Waals surface area contributed by atoms with E-state index in [4.69, 9.17) is 5.11 Å². The van der Waals surface area contributed by atoms with Gasteiger partial charge in [-0.1, -0.05) is 18.2 Å². The number of hydrogen-bond acceptors (Lipinski definition) is 3. The lowest BCUT2D eigenvalue weighted by Crippen LogP contribution is -2.29. The number of aryl methyl sites for hydroxylation is 1. The largest absolute Gasteiger partial charge is 0.478 e. The lowest BCUT2D eigenvalue weighted by Gasteiger charge is -2.17. The summed E-state index contributed by atoms with van der Waals surface area (Å²) in [5, 5.41) is 12.9. The van der Waals surface area contributed by atoms with Crippen LogP contribution in [-0.4, -0.2) is 33.8 Å². The summed E-state index contributed by atoms with van der Waals surface area (Å²) in [4.78, 5) is 24.8. The number of aromatic carboxylic acids is 1. The third-order valence-corrected chi connectivity index (χ3v) is 2.82. The summed E-state index contributed by atoms with van der Waals surface area (Å²) in [6, 6.07) is 9.00. The summed E-state index contributed by atoms with van der Waals surface area (Å²) in [7, 11) is 3.13. The number of benzene rings is 1. The first kappa shape index (κ1) is 12.8. The van der Waals surface area contributed by atoms with Crippen molar-refractivity contribution in [1.82, 2.24) is 9.78 Å². The first-order chi connectivity index (χ1) is 9.02. The van der Waals surface area contributed by atoms with E-state index in [0.29, 0.717) is 5.69 Å². The lowest BCUT2D eigenvalue weighted by molar-refractivity contribution is 0.0691. The molecule has 19 heavy (non-hydrogen) atoms. The summed E-state index contributed by atoms with van der Waals surface area (Å²) in [5.74, 6) is -1.58. The van der Waals surface area contributed by atoms with Gasteiger partial charge in [-0.15, -0.1) is 0 Å². The molecule has 2 aromatic rings. The Labute approximate surface area is 109 Å². The molecule has 1 aromatic heterocycles. The van der Waals surface area contributed by atoms with Crippen LogP contribution >= 0.6 is 0 Å². The number of rotatable bonds is 3. The second-order valence-corrected chi connectivity index (χ2v) is 4.04. The molecule has 0 atom stereocenters. The number of carbonyl (C=O) groups excluding carboxylic acids is 1. The summed E-state index contributed by atoms with van der Waals surface area (Å²) in [6.07, 6.45) is 1.18. The van der Waals surface area contributed by atoms with Crippen LogP contribution in [0.15, 0.2) is 36.5 Å². The van der Waals surface area contributed by atoms with E-state index in [-0.39, 0.29) is 11.3 Å². The SMILES string of the molecule is CN(C(=O)c1c(C(=O)O)cnn1C)c1ccccc1. The Bertz CT molecular complexity index is 619. The molecule has 1 aromatic carbocycles. The zero-order valence-electron chi connectivity index (χ0n) is 10.6. The second-order valence-electron chi connectivity index (χ2n) is 4.04. The number of hydrogen-bond donors (Lipinski definition) is 1. The van der Waals surface area contributed by atoms with Gasteiger partial charge in [-0.25, -0.2) is 4.79 Å². The Balaban J connectivity index is 2.40. The smallest absolute Gasteiger partial charge is 0.339 e. The average molecular weight is 259 g/mol. The van der Waals surface area contributed by atoms with E-state index >= 15 is 0 Å². The highest BCUT2D eigenvalue weighted by Gasteiger charge is 2.24. The van der Waals surface area contributed by atoms with Crippen molar-refractivity contribution in [2.45, 2.75) is 0 Å². The van der Waals surface area contributed by atoms with Crippen LogP contribution in [0.5, 0.6) is 0 Å². The molecule has 0 unspecified atom stereocenters. The van der Waals surface area contributed by atoms with Crippen LogP contribution in [0.2, 0.25) is 0 Å². The van der Waals surface area contributed by atoms with Crippen LogP contribution in [0.4, 0.5) is 5.69 Å². The third-order valence-electron chi connectivity index (χ3n) is 2.82. The molecule has 0 fully saturated rings. The minimum atomic E-state index is -1.17. The van der Waals surface area contributed by atoms with Gasteiger partial charge in [-0.3, -0.25) is 9.48 Å². The van der Waals surface area contributed by atoms with Crippen molar-refractivity contribution in [3.8, 4) is 0 Å². The van der Waals surface area contributed by atoms with E-state index in [9.17, 15) is 9.59 Å². The standard InChI is InChI=1S/C13H13N3O3/c1-15(9-6-4-3-5-7-9)12(17)11-10(13(18)19)8-14-16(11)2/h3-8H,1-2H3,(H,18,19). The minimum absolute atomic E-state index is 0.0545. The summed E-state index contributed by atoms with van der Waals surface area (Å²) < 4.78 is 1.27. The van der Waals surface area contributed by atoms with Gasteiger partial charge in [-0.2, -0.15) is 5.10 Å². The fourth-order valence-electron chi connectivity index (χ4n) is 1.78. The molecule has 6 heteroatoms. The van der Waals surface area contributed by atoms with Gasteiger partial charge in [0.2, 0.25) is 0 Å². The number of carboxylic acids is 1. The van der Waals surface area contributed by atoms with Crippen LogP contribution in [0.25, 0.3) is 0 Å². The Kier molecular flexibility index (Phi) is 3.33. The Morgan fingerprint density at radius 1 is 1.26 bits per heavy atom. The van der Waals surface area contributed by atoms with Gasteiger partial charge in [0.1, 0.15) is 11.3 Å². The van der Waals surface area contributed by atoms with Crippen molar-refractivity contribution in [3.05, 3.63) is 47.8 Å². The molecule has 1 N–H and O–H groups in total. The molecule has 0 aliphatic rings. The highest BCUT2D eigenvalue weighted by Crippen LogP contribution is 2.16. The van der Waals surface area contributed by atoms with E-state index in [2.05, 4.69) is 5.10 Å². The molecule has 0 spiro atoms. The Morgan fingerprint density at radius 3 is 2.47 bits per heavy atom. The Morgan fingerprint density at radius 2 is 1.89 bits per heavy atom. The van der Waals surface area contributed by atoms with Crippen molar-refractivity contribution < 1.29 is 14.7 Å². The van der Waals surface area contributed by atoms with E-state index in [1.165, 1.54) is 15.8 Å². The van der Waals surface area contributed by atoms with E-state index in [1.54, 1.807) is 38.4 Å². The average Bonchev–Trinajstić information content (AvgIpc) is 2.80. The molecule has 0 aliphatic heterocycles. The highest BCUT2D eigenvalue weighted by molar-refractivity contribution is 6.10. The number of aromatic nitrogens is 2. The number of anilines is 1. The molecular formula is C13H13N3O3. The van der Waals surface area contributed by atoms with Crippen LogP contribution in [0.3, 0.4) is 0 Å². The third kappa shape index (κ3) is 2.33. The van der Waals surface area contributed by atoms with Gasteiger partial charge < -0.3 is 10.0 Å². The molecule has 0 aliphatic carbocycles. The van der Waals surface area contributed by atoms with Crippen LogP contribution in [0.1, 0.15) is 20.8 Å². The van der Waals surface area contributed by atoms with Crippen LogP contribution in [0, 0.1) is 0 Å². The van der Waals surface area contributed by atoms with Crippen molar-refractivity contribution in [2.75, 3.05) is 11.9 Å². The van der Waals surface area contributed by atoms with E-state index < -0.39 is 11.9 Å². The minimum Gasteiger partial charge on any atom is -0.478 e. The molecular weight excluding hydrogens is 246 g/mol. The molecule has 0 bridgehead atoms. The van der Waals surface area contributed by atoms with Crippen molar-refractivity contribution >= 4 is 17.6 Å². The molecule has 0 saturated heterocycles. The number of para-hydroxylation sites is 1. The number of amides is 1. The molecule has 1 amide bonds. The molecule has 6 nitrogen and oxygen atoms in total. The van der Waals surface area contributed by atoms with Crippen molar-refractivity contribution in [1.29, 1.82) is 0 Å². The van der Waals surface area contributed by atoms with Gasteiger partial charge in [0.05, 0.1) is 6.20 Å². The predicted molar refractivity (Wildman–Crippen MR) is 69.3 cm³/mol. The van der Waals surface area contributed by atoms with E-state index in [0.717, 1.165) is 0 Å². The number of nitrogens with zero attached hydrogens (tertiary/aromatic N) is 3. The lowest BCUT2D eigenvalue weighted by atomic mass is 10.2. The zero-order chi connectivity index (χ0) is 14.0. The van der Waals surface area contributed by atoms with Gasteiger partial charge in [0, 0.05) is 19.8 Å².